The van der Waals surface area contributed by atoms with Gasteiger partial charge in [-0.3, -0.25) is 4.90 Å². The van der Waals surface area contributed by atoms with Gasteiger partial charge in [0.2, 0.25) is 0 Å². The molecule has 24 heavy (non-hydrogen) atoms. The van der Waals surface area contributed by atoms with E-state index in [0.29, 0.717) is 5.92 Å². The first-order chi connectivity index (χ1) is 11.7. The van der Waals surface area contributed by atoms with Gasteiger partial charge < -0.3 is 0 Å². The number of thiazole rings is 1. The van der Waals surface area contributed by atoms with Gasteiger partial charge in [-0.1, -0.05) is 12.1 Å². The van der Waals surface area contributed by atoms with Crippen LogP contribution in [0.5, 0.6) is 0 Å². The van der Waals surface area contributed by atoms with E-state index in [9.17, 15) is 0 Å². The van der Waals surface area contributed by atoms with Gasteiger partial charge in [0.1, 0.15) is 16.7 Å². The Hall–Kier alpha value is -1.79. The largest absolute Gasteiger partial charge is 0.296 e. The van der Waals surface area contributed by atoms with Gasteiger partial charge in [0, 0.05) is 13.1 Å². The fourth-order valence-electron chi connectivity index (χ4n) is 3.60. The predicted molar refractivity (Wildman–Crippen MR) is 97.1 cm³/mol. The summed E-state index contributed by atoms with van der Waals surface area (Å²) >= 11 is 1.82. The zero-order valence-electron chi connectivity index (χ0n) is 14.3. The zero-order chi connectivity index (χ0) is 16.5. The summed E-state index contributed by atoms with van der Waals surface area (Å²) in [6.07, 6.45) is 2.52. The SMILES string of the molecule is Cc1nc(C)n(CC2CCCN(Cc3nc4ccccc4s3)C2)n1. The second-order valence-corrected chi connectivity index (χ2v) is 7.82. The quantitative estimate of drug-likeness (QED) is 0.729. The second kappa shape index (κ2) is 6.61. The minimum atomic E-state index is 0.646. The Balaban J connectivity index is 1.42. The molecule has 0 amide bonds. The van der Waals surface area contributed by atoms with E-state index in [0.717, 1.165) is 36.8 Å². The maximum Gasteiger partial charge on any atom is 0.147 e. The highest BCUT2D eigenvalue weighted by Crippen LogP contribution is 2.25. The number of aromatic nitrogens is 4. The monoisotopic (exact) mass is 341 g/mol. The summed E-state index contributed by atoms with van der Waals surface area (Å²) in [6, 6.07) is 8.41. The van der Waals surface area contributed by atoms with Crippen molar-refractivity contribution in [3.63, 3.8) is 0 Å². The third-order valence-corrected chi connectivity index (χ3v) is 5.72. The summed E-state index contributed by atoms with van der Waals surface area (Å²) in [6.45, 7) is 8.23. The normalized spacial score (nSPS) is 19.2. The summed E-state index contributed by atoms with van der Waals surface area (Å²) in [7, 11) is 0. The molecule has 0 bridgehead atoms. The Labute approximate surface area is 146 Å². The van der Waals surface area contributed by atoms with E-state index in [1.54, 1.807) is 0 Å². The molecule has 0 spiro atoms. The molecule has 5 nitrogen and oxygen atoms in total. The van der Waals surface area contributed by atoms with Crippen LogP contribution in [0.15, 0.2) is 24.3 Å². The molecule has 3 heterocycles. The molecule has 0 radical (unpaired) electrons. The Morgan fingerprint density at radius 3 is 2.88 bits per heavy atom. The number of nitrogens with zero attached hydrogens (tertiary/aromatic N) is 5. The van der Waals surface area contributed by atoms with Gasteiger partial charge in [-0.2, -0.15) is 5.10 Å². The van der Waals surface area contributed by atoms with Gasteiger partial charge >= 0.3 is 0 Å². The molecule has 1 aromatic carbocycles. The summed E-state index contributed by atoms with van der Waals surface area (Å²) < 4.78 is 3.36. The summed E-state index contributed by atoms with van der Waals surface area (Å²) in [4.78, 5) is 11.7. The maximum absolute atomic E-state index is 4.78. The molecule has 2 aromatic heterocycles. The van der Waals surface area contributed by atoms with Crippen molar-refractivity contribution in [2.75, 3.05) is 13.1 Å². The predicted octanol–water partition coefficient (Wildman–Crippen LogP) is 3.42. The molecule has 6 heteroatoms. The van der Waals surface area contributed by atoms with Crippen LogP contribution in [-0.2, 0) is 13.1 Å². The minimum absolute atomic E-state index is 0.646. The number of fused-ring (bicyclic) bond motifs is 1. The molecule has 1 unspecified atom stereocenters. The fourth-order valence-corrected chi connectivity index (χ4v) is 4.61. The van der Waals surface area contributed by atoms with Gasteiger partial charge in [0.05, 0.1) is 16.8 Å². The van der Waals surface area contributed by atoms with E-state index in [2.05, 4.69) is 43.9 Å². The lowest BCUT2D eigenvalue weighted by molar-refractivity contribution is 0.152. The zero-order valence-corrected chi connectivity index (χ0v) is 15.1. The van der Waals surface area contributed by atoms with Crippen molar-refractivity contribution in [3.05, 3.63) is 40.9 Å². The fraction of sp³-hybridized carbons (Fsp3) is 0.500. The highest BCUT2D eigenvalue weighted by atomic mass is 32.1. The van der Waals surface area contributed by atoms with Crippen LogP contribution >= 0.6 is 11.3 Å². The molecule has 1 aliphatic heterocycles. The average Bonchev–Trinajstić information content (AvgIpc) is 3.10. The number of hydrogen-bond acceptors (Lipinski definition) is 5. The van der Waals surface area contributed by atoms with E-state index >= 15 is 0 Å². The van der Waals surface area contributed by atoms with Crippen LogP contribution in [0.4, 0.5) is 0 Å². The topological polar surface area (TPSA) is 46.8 Å². The van der Waals surface area contributed by atoms with Crippen molar-refractivity contribution < 1.29 is 0 Å². The number of aryl methyl sites for hydroxylation is 2. The lowest BCUT2D eigenvalue weighted by Crippen LogP contribution is -2.36. The number of likely N-dealkylation sites (tertiary alicyclic amines) is 1. The van der Waals surface area contributed by atoms with Crippen LogP contribution < -0.4 is 0 Å². The van der Waals surface area contributed by atoms with Crippen LogP contribution in [-0.4, -0.2) is 37.7 Å². The molecule has 0 N–H and O–H groups in total. The first-order valence-corrected chi connectivity index (χ1v) is 9.44. The van der Waals surface area contributed by atoms with E-state index in [-0.39, 0.29) is 0 Å². The highest BCUT2D eigenvalue weighted by molar-refractivity contribution is 7.18. The Kier molecular flexibility index (Phi) is 4.33. The van der Waals surface area contributed by atoms with Gasteiger partial charge in [-0.25, -0.2) is 14.6 Å². The summed E-state index contributed by atoms with van der Waals surface area (Å²) in [5.41, 5.74) is 1.12. The molecule has 1 fully saturated rings. The van der Waals surface area contributed by atoms with Gasteiger partial charge in [0.25, 0.3) is 0 Å². The van der Waals surface area contributed by atoms with Crippen molar-refractivity contribution in [1.29, 1.82) is 0 Å². The highest BCUT2D eigenvalue weighted by Gasteiger charge is 2.22. The van der Waals surface area contributed by atoms with Gasteiger partial charge in [0.15, 0.2) is 0 Å². The second-order valence-electron chi connectivity index (χ2n) is 6.71. The average molecular weight is 341 g/mol. The third-order valence-electron chi connectivity index (χ3n) is 4.69. The first kappa shape index (κ1) is 15.7. The van der Waals surface area contributed by atoms with Crippen molar-refractivity contribution in [2.24, 2.45) is 5.92 Å². The number of rotatable bonds is 4. The first-order valence-electron chi connectivity index (χ1n) is 8.62. The number of piperidine rings is 1. The Morgan fingerprint density at radius 1 is 1.21 bits per heavy atom. The van der Waals surface area contributed by atoms with E-state index in [4.69, 9.17) is 4.98 Å². The molecule has 1 aliphatic rings. The summed E-state index contributed by atoms with van der Waals surface area (Å²) in [5.74, 6) is 2.54. The third kappa shape index (κ3) is 3.35. The smallest absolute Gasteiger partial charge is 0.147 e. The van der Waals surface area contributed by atoms with Crippen molar-refractivity contribution in [1.82, 2.24) is 24.6 Å². The minimum Gasteiger partial charge on any atom is -0.296 e. The Morgan fingerprint density at radius 2 is 2.08 bits per heavy atom. The van der Waals surface area contributed by atoms with Crippen LogP contribution in [0, 0.1) is 19.8 Å². The lowest BCUT2D eigenvalue weighted by Gasteiger charge is -2.32. The molecule has 0 aliphatic carbocycles. The molecular formula is C18H23N5S. The molecule has 3 aromatic rings. The van der Waals surface area contributed by atoms with Crippen molar-refractivity contribution in [2.45, 2.75) is 39.8 Å². The number of benzene rings is 1. The van der Waals surface area contributed by atoms with Crippen molar-refractivity contribution in [3.8, 4) is 0 Å². The van der Waals surface area contributed by atoms with E-state index < -0.39 is 0 Å². The maximum atomic E-state index is 4.78. The van der Waals surface area contributed by atoms with Crippen LogP contribution in [0.1, 0.15) is 29.5 Å². The lowest BCUT2D eigenvalue weighted by atomic mass is 9.98. The standard InChI is InChI=1S/C18H23N5S/c1-13-19-14(2)23(21-13)11-15-6-5-9-22(10-15)12-18-20-16-7-3-4-8-17(16)24-18/h3-4,7-8,15H,5-6,9-12H2,1-2H3. The van der Waals surface area contributed by atoms with Crippen molar-refractivity contribution >= 4 is 21.6 Å². The van der Waals surface area contributed by atoms with E-state index in [1.807, 2.05) is 25.2 Å². The van der Waals surface area contributed by atoms with E-state index in [1.165, 1.54) is 29.1 Å². The van der Waals surface area contributed by atoms with Crippen LogP contribution in [0.3, 0.4) is 0 Å². The molecule has 126 valence electrons. The molecule has 4 rings (SSSR count). The molecule has 1 saturated heterocycles. The number of para-hydroxylation sites is 1. The Bertz CT molecular complexity index is 804. The molecule has 1 atom stereocenters. The molecular weight excluding hydrogens is 318 g/mol. The summed E-state index contributed by atoms with van der Waals surface area (Å²) in [5, 5.41) is 5.75. The van der Waals surface area contributed by atoms with Gasteiger partial charge in [-0.15, -0.1) is 11.3 Å². The number of hydrogen-bond donors (Lipinski definition) is 0. The molecule has 0 saturated carbocycles. The van der Waals surface area contributed by atoms with Gasteiger partial charge in [-0.05, 0) is 51.3 Å². The van der Waals surface area contributed by atoms with Crippen LogP contribution in [0.25, 0.3) is 10.2 Å². The van der Waals surface area contributed by atoms with Crippen LogP contribution in [0.2, 0.25) is 0 Å².